The molecular formula is C17H21Cl2N3O2. The first-order chi connectivity index (χ1) is 11.3. The average molecular weight is 370 g/mol. The number of nitrogens with zero attached hydrogens (tertiary/aromatic N) is 2. The Kier molecular flexibility index (Phi) is 4.78. The maximum absolute atomic E-state index is 12.9. The molecule has 3 amide bonds. The van der Waals surface area contributed by atoms with Gasteiger partial charge >= 0.3 is 6.03 Å². The van der Waals surface area contributed by atoms with Crippen LogP contribution in [0, 0.1) is 5.92 Å². The Balaban J connectivity index is 1.78. The van der Waals surface area contributed by atoms with Crippen LogP contribution in [0.2, 0.25) is 10.0 Å². The minimum atomic E-state index is -1.12. The SMILES string of the molecule is CC1CCN(CN2C(=O)NC(C)(c3ccc(Cl)c(Cl)c3)C2=O)CC1. The number of nitrogens with one attached hydrogen (secondary N) is 1. The van der Waals surface area contributed by atoms with E-state index < -0.39 is 5.54 Å². The lowest BCUT2D eigenvalue weighted by Gasteiger charge is -2.32. The number of hydrogen-bond acceptors (Lipinski definition) is 3. The first kappa shape index (κ1) is 17.5. The molecule has 130 valence electrons. The summed E-state index contributed by atoms with van der Waals surface area (Å²) in [6.45, 7) is 6.06. The Hall–Kier alpha value is -1.30. The van der Waals surface area contributed by atoms with E-state index in [-0.39, 0.29) is 11.9 Å². The smallest absolute Gasteiger partial charge is 0.319 e. The third kappa shape index (κ3) is 3.13. The van der Waals surface area contributed by atoms with Crippen molar-refractivity contribution in [3.63, 3.8) is 0 Å². The summed E-state index contributed by atoms with van der Waals surface area (Å²) in [5.74, 6) is 0.440. The van der Waals surface area contributed by atoms with Crippen LogP contribution in [0.4, 0.5) is 4.79 Å². The van der Waals surface area contributed by atoms with Gasteiger partial charge in [0.25, 0.3) is 5.91 Å². The summed E-state index contributed by atoms with van der Waals surface area (Å²) < 4.78 is 0. The van der Waals surface area contributed by atoms with Gasteiger partial charge in [-0.3, -0.25) is 9.69 Å². The van der Waals surface area contributed by atoms with Crippen LogP contribution in [0.25, 0.3) is 0 Å². The molecule has 0 spiro atoms. The van der Waals surface area contributed by atoms with Gasteiger partial charge in [-0.05, 0) is 43.4 Å². The molecular weight excluding hydrogens is 349 g/mol. The minimum absolute atomic E-state index is 0.260. The second-order valence-corrected chi connectivity index (χ2v) is 7.67. The van der Waals surface area contributed by atoms with Gasteiger partial charge in [0.15, 0.2) is 0 Å². The first-order valence-electron chi connectivity index (χ1n) is 8.13. The third-order valence-electron chi connectivity index (χ3n) is 4.99. The summed E-state index contributed by atoms with van der Waals surface area (Å²) in [6.07, 6.45) is 2.18. The van der Waals surface area contributed by atoms with Crippen molar-refractivity contribution in [2.24, 2.45) is 5.92 Å². The van der Waals surface area contributed by atoms with Gasteiger partial charge in [0.1, 0.15) is 5.54 Å². The highest BCUT2D eigenvalue weighted by atomic mass is 35.5. The second-order valence-electron chi connectivity index (χ2n) is 6.86. The van der Waals surface area contributed by atoms with Crippen LogP contribution in [-0.4, -0.2) is 41.5 Å². The summed E-state index contributed by atoms with van der Waals surface area (Å²) in [7, 11) is 0. The highest BCUT2D eigenvalue weighted by molar-refractivity contribution is 6.42. The molecule has 0 aliphatic carbocycles. The number of likely N-dealkylation sites (tertiary alicyclic amines) is 1. The molecule has 1 aromatic rings. The Morgan fingerprint density at radius 3 is 2.50 bits per heavy atom. The molecule has 3 rings (SSSR count). The normalized spacial score (nSPS) is 26.1. The number of rotatable bonds is 3. The van der Waals surface area contributed by atoms with E-state index in [1.807, 2.05) is 0 Å². The van der Waals surface area contributed by atoms with Gasteiger partial charge < -0.3 is 5.32 Å². The molecule has 2 saturated heterocycles. The van der Waals surface area contributed by atoms with E-state index in [9.17, 15) is 9.59 Å². The standard InChI is InChI=1S/C17H21Cl2N3O2/c1-11-5-7-21(8-6-11)10-22-15(23)17(2,20-16(22)24)12-3-4-13(18)14(19)9-12/h3-4,9,11H,5-8,10H2,1-2H3,(H,20,24). The van der Waals surface area contributed by atoms with Crippen LogP contribution in [0.15, 0.2) is 18.2 Å². The second kappa shape index (κ2) is 6.54. The Morgan fingerprint density at radius 2 is 1.88 bits per heavy atom. The van der Waals surface area contributed by atoms with Crippen molar-refractivity contribution in [2.45, 2.75) is 32.2 Å². The third-order valence-corrected chi connectivity index (χ3v) is 5.73. The maximum Gasteiger partial charge on any atom is 0.326 e. The number of benzene rings is 1. The van der Waals surface area contributed by atoms with Crippen LogP contribution in [0.3, 0.4) is 0 Å². The molecule has 24 heavy (non-hydrogen) atoms. The highest BCUT2D eigenvalue weighted by Gasteiger charge is 2.49. The number of carbonyl (C=O) groups is 2. The molecule has 1 unspecified atom stereocenters. The van der Waals surface area contributed by atoms with E-state index in [2.05, 4.69) is 17.1 Å². The Bertz CT molecular complexity index is 674. The van der Waals surface area contributed by atoms with Crippen LogP contribution in [0.1, 0.15) is 32.3 Å². The molecule has 1 atom stereocenters. The van der Waals surface area contributed by atoms with Gasteiger partial charge in [-0.15, -0.1) is 0 Å². The molecule has 0 radical (unpaired) electrons. The number of piperidine rings is 1. The maximum atomic E-state index is 12.9. The molecule has 1 aromatic carbocycles. The number of amides is 3. The monoisotopic (exact) mass is 369 g/mol. The fraction of sp³-hybridized carbons (Fsp3) is 0.529. The molecule has 2 heterocycles. The topological polar surface area (TPSA) is 52.6 Å². The predicted octanol–water partition coefficient (Wildman–Crippen LogP) is 3.45. The molecule has 0 aromatic heterocycles. The van der Waals surface area contributed by atoms with Crippen LogP contribution in [-0.2, 0) is 10.3 Å². The van der Waals surface area contributed by atoms with Gasteiger partial charge in [-0.2, -0.15) is 0 Å². The first-order valence-corrected chi connectivity index (χ1v) is 8.89. The predicted molar refractivity (Wildman–Crippen MR) is 94.0 cm³/mol. The zero-order valence-electron chi connectivity index (χ0n) is 13.8. The number of imide groups is 1. The molecule has 0 bridgehead atoms. The van der Waals surface area contributed by atoms with Crippen LogP contribution < -0.4 is 5.32 Å². The van der Waals surface area contributed by atoms with Crippen LogP contribution in [0.5, 0.6) is 0 Å². The van der Waals surface area contributed by atoms with Gasteiger partial charge in [0.2, 0.25) is 0 Å². The lowest BCUT2D eigenvalue weighted by Crippen LogP contribution is -2.46. The van der Waals surface area contributed by atoms with Gasteiger partial charge in [-0.25, -0.2) is 9.69 Å². The van der Waals surface area contributed by atoms with E-state index in [4.69, 9.17) is 23.2 Å². The fourth-order valence-corrected chi connectivity index (χ4v) is 3.53. The summed E-state index contributed by atoms with van der Waals surface area (Å²) in [5.41, 5.74) is -0.487. The van der Waals surface area contributed by atoms with E-state index in [0.29, 0.717) is 28.2 Å². The average Bonchev–Trinajstić information content (AvgIpc) is 2.76. The summed E-state index contributed by atoms with van der Waals surface area (Å²) >= 11 is 12.0. The van der Waals surface area contributed by atoms with Crippen molar-refractivity contribution >= 4 is 35.1 Å². The van der Waals surface area contributed by atoms with Crippen molar-refractivity contribution < 1.29 is 9.59 Å². The fourth-order valence-electron chi connectivity index (χ4n) is 3.23. The quantitative estimate of drug-likeness (QED) is 0.830. The van der Waals surface area contributed by atoms with E-state index in [1.54, 1.807) is 25.1 Å². The summed E-state index contributed by atoms with van der Waals surface area (Å²) in [6, 6.07) is 4.62. The molecule has 2 aliphatic rings. The number of carbonyl (C=O) groups excluding carboxylic acids is 2. The Labute approximate surface area is 151 Å². The van der Waals surface area contributed by atoms with Crippen molar-refractivity contribution in [3.05, 3.63) is 33.8 Å². The van der Waals surface area contributed by atoms with Crippen molar-refractivity contribution in [1.82, 2.24) is 15.1 Å². The van der Waals surface area contributed by atoms with Crippen molar-refractivity contribution in [1.29, 1.82) is 0 Å². The molecule has 1 N–H and O–H groups in total. The molecule has 0 saturated carbocycles. The lowest BCUT2D eigenvalue weighted by molar-refractivity contribution is -0.132. The van der Waals surface area contributed by atoms with E-state index >= 15 is 0 Å². The van der Waals surface area contributed by atoms with Gasteiger partial charge in [-0.1, -0.05) is 36.2 Å². The zero-order valence-corrected chi connectivity index (χ0v) is 15.3. The summed E-state index contributed by atoms with van der Waals surface area (Å²) in [4.78, 5) is 28.7. The number of urea groups is 1. The molecule has 5 nitrogen and oxygen atoms in total. The van der Waals surface area contributed by atoms with Crippen LogP contribution >= 0.6 is 23.2 Å². The highest BCUT2D eigenvalue weighted by Crippen LogP contribution is 2.33. The summed E-state index contributed by atoms with van der Waals surface area (Å²) in [5, 5.41) is 3.58. The van der Waals surface area contributed by atoms with Gasteiger partial charge in [0, 0.05) is 13.1 Å². The zero-order chi connectivity index (χ0) is 17.5. The minimum Gasteiger partial charge on any atom is -0.319 e. The Morgan fingerprint density at radius 1 is 1.21 bits per heavy atom. The molecule has 2 aliphatic heterocycles. The van der Waals surface area contributed by atoms with Crippen molar-refractivity contribution in [2.75, 3.05) is 19.8 Å². The largest absolute Gasteiger partial charge is 0.326 e. The van der Waals surface area contributed by atoms with Crippen molar-refractivity contribution in [3.8, 4) is 0 Å². The lowest BCUT2D eigenvalue weighted by atomic mass is 9.92. The van der Waals surface area contributed by atoms with Gasteiger partial charge in [0.05, 0.1) is 16.7 Å². The van der Waals surface area contributed by atoms with E-state index in [0.717, 1.165) is 25.9 Å². The van der Waals surface area contributed by atoms with E-state index in [1.165, 1.54) is 4.90 Å². The number of hydrogen-bond donors (Lipinski definition) is 1. The molecule has 2 fully saturated rings. The molecule has 7 heteroatoms. The number of halogens is 2.